The first-order valence-electron chi connectivity index (χ1n) is 12.8. The minimum absolute atomic E-state index is 0. The van der Waals surface area contributed by atoms with Crippen molar-refractivity contribution < 1.29 is 19.8 Å². The van der Waals surface area contributed by atoms with Crippen LogP contribution in [-0.2, 0) is 9.59 Å². The maximum absolute atomic E-state index is 12.2. The zero-order valence-corrected chi connectivity index (χ0v) is 20.9. The summed E-state index contributed by atoms with van der Waals surface area (Å²) in [6.45, 7) is 4.00. The third kappa shape index (κ3) is 4.41. The summed E-state index contributed by atoms with van der Waals surface area (Å²) in [5.74, 6) is 6.51. The molecular weight excluding hydrogens is 461 g/mol. The van der Waals surface area contributed by atoms with Gasteiger partial charge in [-0.15, -0.1) is 5.92 Å². The van der Waals surface area contributed by atoms with Crippen molar-refractivity contribution in [3.63, 3.8) is 0 Å². The average Bonchev–Trinajstić information content (AvgIpc) is 3.08. The molecule has 1 aromatic rings. The molecule has 0 unspecified atom stereocenters. The normalized spacial score (nSPS) is 32.7. The molecule has 0 aromatic heterocycles. The van der Waals surface area contributed by atoms with E-state index in [4.69, 9.17) is 5.11 Å². The molecule has 2 fully saturated rings. The van der Waals surface area contributed by atoms with Gasteiger partial charge < -0.3 is 15.1 Å². The summed E-state index contributed by atoms with van der Waals surface area (Å²) in [6, 6.07) is 8.25. The Hall–Kier alpha value is -1.84. The number of hydrogen-bond donors (Lipinski definition) is 2. The first-order valence-corrected chi connectivity index (χ1v) is 12.8. The third-order valence-electron chi connectivity index (χ3n) is 9.33. The van der Waals surface area contributed by atoms with Crippen molar-refractivity contribution in [3.05, 3.63) is 52.6 Å². The first kappa shape index (κ1) is 27.2. The number of hydrogen-bond acceptors (Lipinski definition) is 4. The number of aliphatic carboxylic acids is 1. The fourth-order valence-corrected chi connectivity index (χ4v) is 7.63. The molecule has 6 heteroatoms. The monoisotopic (exact) mass is 497 g/mol. The van der Waals surface area contributed by atoms with Crippen LogP contribution in [0.5, 0.6) is 0 Å². The van der Waals surface area contributed by atoms with Gasteiger partial charge in [-0.05, 0) is 92.2 Å². The van der Waals surface area contributed by atoms with Crippen LogP contribution >= 0.6 is 0 Å². The van der Waals surface area contributed by atoms with E-state index in [0.29, 0.717) is 24.7 Å². The van der Waals surface area contributed by atoms with E-state index in [1.54, 1.807) is 11.9 Å². The van der Waals surface area contributed by atoms with Crippen molar-refractivity contribution in [1.82, 2.24) is 0 Å². The molecule has 5 rings (SSSR count). The molecule has 0 radical (unpaired) electrons. The van der Waals surface area contributed by atoms with Crippen LogP contribution in [0, 0.1) is 29.1 Å². The molecule has 2 N–H and O–H groups in total. The summed E-state index contributed by atoms with van der Waals surface area (Å²) in [4.78, 5) is 25.1. The molecule has 4 aliphatic rings. The van der Waals surface area contributed by atoms with Gasteiger partial charge in [0, 0.05) is 30.5 Å². The Balaban J connectivity index is 0.00000304. The van der Waals surface area contributed by atoms with E-state index < -0.39 is 11.6 Å². The number of nitrogens with zero attached hydrogens (tertiary/aromatic N) is 1. The number of benzene rings is 1. The molecule has 0 saturated heterocycles. The number of carboxylic acid groups (broad SMARTS) is 1. The number of carboxylic acids is 1. The zero-order chi connectivity index (χ0) is 25.0. The molecule has 5 nitrogen and oxygen atoms in total. The van der Waals surface area contributed by atoms with Gasteiger partial charge in [0.1, 0.15) is 12.1 Å². The molecule has 4 aliphatic carbocycles. The molecule has 2 saturated carbocycles. The molecule has 0 aliphatic heterocycles. The zero-order valence-electron chi connectivity index (χ0n) is 20.9. The van der Waals surface area contributed by atoms with E-state index in [1.165, 1.54) is 22.3 Å². The number of anilines is 1. The Kier molecular flexibility index (Phi) is 7.66. The van der Waals surface area contributed by atoms with Crippen LogP contribution in [0.1, 0.15) is 70.3 Å². The van der Waals surface area contributed by atoms with Gasteiger partial charge in [0.15, 0.2) is 5.78 Å². The van der Waals surface area contributed by atoms with Gasteiger partial charge in [0.25, 0.3) is 0 Å². The van der Waals surface area contributed by atoms with Crippen LogP contribution < -0.4 is 4.90 Å². The molecule has 0 amide bonds. The fraction of sp³-hybridized carbons (Fsp3) is 0.533. The SMILES string of the molecule is CC#C[C@]1(O)CC[C@H]2[C@@H]3CCC4=CC(=O)CCC4=C3[C@@H](c3ccc(N(C)CC(=O)O)cc3)C[C@@]21C.[NaH]. The third-order valence-corrected chi connectivity index (χ3v) is 9.33. The summed E-state index contributed by atoms with van der Waals surface area (Å²) in [5, 5.41) is 20.9. The van der Waals surface area contributed by atoms with Crippen LogP contribution in [0.4, 0.5) is 5.69 Å². The van der Waals surface area contributed by atoms with Gasteiger partial charge in [-0.1, -0.05) is 30.6 Å². The quantitative estimate of drug-likeness (QED) is 0.481. The van der Waals surface area contributed by atoms with Crippen LogP contribution in [0.15, 0.2) is 47.1 Å². The number of carbonyl (C=O) groups is 2. The van der Waals surface area contributed by atoms with Crippen molar-refractivity contribution in [2.45, 2.75) is 70.3 Å². The molecular formula is C30H36NNaO4. The second-order valence-electron chi connectivity index (χ2n) is 11.1. The Labute approximate surface area is 236 Å². The number of allylic oxidation sites excluding steroid dienone is 4. The molecule has 0 bridgehead atoms. The molecule has 0 spiro atoms. The molecule has 0 heterocycles. The van der Waals surface area contributed by atoms with Crippen LogP contribution in [-0.4, -0.2) is 70.7 Å². The van der Waals surface area contributed by atoms with Crippen molar-refractivity contribution in [2.24, 2.45) is 17.3 Å². The second kappa shape index (κ2) is 10.1. The Morgan fingerprint density at radius 2 is 1.89 bits per heavy atom. The van der Waals surface area contributed by atoms with E-state index in [2.05, 4.69) is 30.9 Å². The van der Waals surface area contributed by atoms with E-state index in [1.807, 2.05) is 25.1 Å². The van der Waals surface area contributed by atoms with Gasteiger partial charge in [-0.25, -0.2) is 0 Å². The summed E-state index contributed by atoms with van der Waals surface area (Å²) < 4.78 is 0. The number of fused-ring (bicyclic) bond motifs is 4. The fourth-order valence-electron chi connectivity index (χ4n) is 7.63. The molecule has 186 valence electrons. The van der Waals surface area contributed by atoms with Crippen molar-refractivity contribution in [3.8, 4) is 11.8 Å². The predicted octanol–water partition coefficient (Wildman–Crippen LogP) is 4.21. The topological polar surface area (TPSA) is 77.8 Å². The predicted molar refractivity (Wildman–Crippen MR) is 143 cm³/mol. The summed E-state index contributed by atoms with van der Waals surface area (Å²) in [5.41, 5.74) is 4.87. The second-order valence-corrected chi connectivity index (χ2v) is 11.1. The van der Waals surface area contributed by atoms with Crippen molar-refractivity contribution >= 4 is 47.0 Å². The Bertz CT molecular complexity index is 1190. The Morgan fingerprint density at radius 3 is 2.56 bits per heavy atom. The van der Waals surface area contributed by atoms with Gasteiger partial charge in [0.05, 0.1) is 0 Å². The summed E-state index contributed by atoms with van der Waals surface area (Å²) >= 11 is 0. The minimum atomic E-state index is -0.985. The first-order chi connectivity index (χ1) is 16.7. The number of ketones is 1. The van der Waals surface area contributed by atoms with Crippen molar-refractivity contribution in [2.75, 3.05) is 18.5 Å². The molecule has 36 heavy (non-hydrogen) atoms. The van der Waals surface area contributed by atoms with E-state index in [0.717, 1.165) is 37.8 Å². The van der Waals surface area contributed by atoms with Crippen LogP contribution in [0.25, 0.3) is 0 Å². The number of likely N-dealkylation sites (N-methyl/N-ethyl adjacent to an activating group) is 1. The van der Waals surface area contributed by atoms with Gasteiger partial charge in [0.2, 0.25) is 0 Å². The average molecular weight is 498 g/mol. The van der Waals surface area contributed by atoms with Gasteiger partial charge in [-0.3, -0.25) is 9.59 Å². The van der Waals surface area contributed by atoms with Crippen molar-refractivity contribution in [1.29, 1.82) is 0 Å². The summed E-state index contributed by atoms with van der Waals surface area (Å²) in [7, 11) is 1.79. The van der Waals surface area contributed by atoms with Gasteiger partial charge in [-0.2, -0.15) is 0 Å². The molecule has 1 aromatic carbocycles. The molecule has 5 atom stereocenters. The summed E-state index contributed by atoms with van der Waals surface area (Å²) in [6.07, 6.45) is 7.74. The number of aliphatic hydroxyl groups is 1. The van der Waals surface area contributed by atoms with Gasteiger partial charge >= 0.3 is 35.5 Å². The van der Waals surface area contributed by atoms with Crippen LogP contribution in [0.3, 0.4) is 0 Å². The van der Waals surface area contributed by atoms with E-state index in [-0.39, 0.29) is 53.2 Å². The Morgan fingerprint density at radius 1 is 1.17 bits per heavy atom. The number of carbonyl (C=O) groups excluding carboxylic acids is 1. The van der Waals surface area contributed by atoms with Crippen LogP contribution in [0.2, 0.25) is 0 Å². The van der Waals surface area contributed by atoms with E-state index >= 15 is 0 Å². The van der Waals surface area contributed by atoms with E-state index in [9.17, 15) is 14.7 Å². The number of rotatable bonds is 4. The maximum atomic E-state index is 12.2. The standard InChI is InChI=1S/C30H35NO4.Na.H/c1-4-14-30(35)15-13-26-24-11-7-20-16-22(32)10-12-23(20)28(24)25(17-29(26,30)2)19-5-8-21(9-6-19)31(3)18-27(33)34;;/h5-6,8-9,16,24-26,35H,7,10-13,15,17-18H2,1-3H3,(H,33,34);;/t24-,25+,26-,29-,30-;;/m0../s1.